The van der Waals surface area contributed by atoms with Crippen molar-refractivity contribution in [3.8, 4) is 11.5 Å². The van der Waals surface area contributed by atoms with Crippen LogP contribution in [0.25, 0.3) is 0 Å². The highest BCUT2D eigenvalue weighted by molar-refractivity contribution is 9.09. The Morgan fingerprint density at radius 1 is 1.16 bits per heavy atom. The number of rotatable bonds is 1. The Morgan fingerprint density at radius 3 is 2.37 bits per heavy atom. The highest BCUT2D eigenvalue weighted by Gasteiger charge is 2.42. The van der Waals surface area contributed by atoms with E-state index in [-0.39, 0.29) is 17.4 Å². The standard InChI is InChI=1S/C14H16BrNO3/c15-9-6-10-2-3-11(7-9)16(10)14(19)8-1-4-12(17)13(18)5-8/h1,4-5,9-11,17-18H,2-3,6-7H2. The molecule has 4 nitrogen and oxygen atoms in total. The average molecular weight is 326 g/mol. The molecule has 0 spiro atoms. The number of piperidine rings is 1. The molecule has 0 aliphatic carbocycles. The zero-order valence-corrected chi connectivity index (χ0v) is 12.0. The number of nitrogens with zero attached hydrogens (tertiary/aromatic N) is 1. The number of hydrogen-bond acceptors (Lipinski definition) is 3. The molecule has 102 valence electrons. The van der Waals surface area contributed by atoms with Crippen LogP contribution < -0.4 is 0 Å². The van der Waals surface area contributed by atoms with Crippen molar-refractivity contribution in [2.45, 2.75) is 42.6 Å². The van der Waals surface area contributed by atoms with Crippen molar-refractivity contribution in [3.05, 3.63) is 23.8 Å². The predicted molar refractivity (Wildman–Crippen MR) is 74.7 cm³/mol. The van der Waals surface area contributed by atoms with E-state index in [1.165, 1.54) is 12.1 Å². The second kappa shape index (κ2) is 4.71. The Hall–Kier alpha value is -1.23. The molecule has 5 heteroatoms. The van der Waals surface area contributed by atoms with Crippen molar-refractivity contribution in [1.29, 1.82) is 0 Å². The largest absolute Gasteiger partial charge is 0.504 e. The van der Waals surface area contributed by atoms with E-state index in [9.17, 15) is 15.0 Å². The fraction of sp³-hybridized carbons (Fsp3) is 0.500. The third-order valence-electron chi connectivity index (χ3n) is 4.13. The molecule has 3 rings (SSSR count). The van der Waals surface area contributed by atoms with E-state index < -0.39 is 0 Å². The summed E-state index contributed by atoms with van der Waals surface area (Å²) in [5.74, 6) is -0.477. The Bertz CT molecular complexity index is 505. The number of amides is 1. The zero-order chi connectivity index (χ0) is 13.6. The first-order chi connectivity index (χ1) is 9.06. The molecule has 2 N–H and O–H groups in total. The molecule has 0 aromatic heterocycles. The molecule has 2 saturated heterocycles. The second-order valence-electron chi connectivity index (χ2n) is 5.37. The molecule has 1 aromatic rings. The molecule has 0 radical (unpaired) electrons. The molecule has 2 aliphatic rings. The molecule has 2 heterocycles. The van der Waals surface area contributed by atoms with Crippen LogP contribution in [0.5, 0.6) is 11.5 Å². The zero-order valence-electron chi connectivity index (χ0n) is 10.4. The summed E-state index contributed by atoms with van der Waals surface area (Å²) in [6.07, 6.45) is 4.10. The number of hydrogen-bond donors (Lipinski definition) is 2. The predicted octanol–water partition coefficient (Wildman–Crippen LogP) is 2.63. The summed E-state index contributed by atoms with van der Waals surface area (Å²) >= 11 is 3.65. The summed E-state index contributed by atoms with van der Waals surface area (Å²) in [6, 6.07) is 4.87. The van der Waals surface area contributed by atoms with Gasteiger partial charge in [-0.25, -0.2) is 0 Å². The normalized spacial score (nSPS) is 29.5. The lowest BCUT2D eigenvalue weighted by molar-refractivity contribution is 0.0603. The lowest BCUT2D eigenvalue weighted by Gasteiger charge is -2.37. The monoisotopic (exact) mass is 325 g/mol. The van der Waals surface area contributed by atoms with E-state index in [0.29, 0.717) is 22.5 Å². The fourth-order valence-corrected chi connectivity index (χ4v) is 4.11. The highest BCUT2D eigenvalue weighted by atomic mass is 79.9. The molecule has 2 atom stereocenters. The quantitative estimate of drug-likeness (QED) is 0.616. The maximum Gasteiger partial charge on any atom is 0.254 e. The average Bonchev–Trinajstić information content (AvgIpc) is 2.64. The minimum Gasteiger partial charge on any atom is -0.504 e. The molecule has 2 unspecified atom stereocenters. The summed E-state index contributed by atoms with van der Waals surface area (Å²) in [5, 5.41) is 18.8. The first-order valence-corrected chi connectivity index (χ1v) is 7.46. The molecular formula is C14H16BrNO3. The van der Waals surface area contributed by atoms with Crippen LogP contribution in [0.1, 0.15) is 36.0 Å². The van der Waals surface area contributed by atoms with Gasteiger partial charge in [0, 0.05) is 22.5 Å². The van der Waals surface area contributed by atoms with E-state index in [2.05, 4.69) is 15.9 Å². The molecular weight excluding hydrogens is 310 g/mol. The first kappa shape index (κ1) is 12.8. The summed E-state index contributed by atoms with van der Waals surface area (Å²) in [6.45, 7) is 0. The molecule has 1 aromatic carbocycles. The van der Waals surface area contributed by atoms with Gasteiger partial charge in [0.25, 0.3) is 5.91 Å². The Balaban J connectivity index is 1.86. The van der Waals surface area contributed by atoms with E-state index >= 15 is 0 Å². The Kier molecular flexibility index (Phi) is 3.17. The van der Waals surface area contributed by atoms with Crippen LogP contribution in [0.2, 0.25) is 0 Å². The number of benzene rings is 1. The van der Waals surface area contributed by atoms with Crippen LogP contribution in [0, 0.1) is 0 Å². The number of alkyl halides is 1. The van der Waals surface area contributed by atoms with Crippen LogP contribution in [-0.4, -0.2) is 37.9 Å². The number of halogens is 1. The Labute approximate surface area is 120 Å². The number of carbonyl (C=O) groups excluding carboxylic acids is 1. The minimum atomic E-state index is -0.242. The number of phenols is 2. The molecule has 1 amide bonds. The number of carbonyl (C=O) groups is 1. The van der Waals surface area contributed by atoms with Gasteiger partial charge in [0.15, 0.2) is 11.5 Å². The van der Waals surface area contributed by atoms with Crippen molar-refractivity contribution in [1.82, 2.24) is 4.90 Å². The minimum absolute atomic E-state index is 0.0396. The van der Waals surface area contributed by atoms with E-state index in [1.807, 2.05) is 4.90 Å². The summed E-state index contributed by atoms with van der Waals surface area (Å²) in [7, 11) is 0. The summed E-state index contributed by atoms with van der Waals surface area (Å²) in [5.41, 5.74) is 0.445. The summed E-state index contributed by atoms with van der Waals surface area (Å²) in [4.78, 5) is 15.0. The molecule has 0 saturated carbocycles. The van der Waals surface area contributed by atoms with Gasteiger partial charge >= 0.3 is 0 Å². The Morgan fingerprint density at radius 2 is 1.79 bits per heavy atom. The van der Waals surface area contributed by atoms with Crippen LogP contribution in [0.4, 0.5) is 0 Å². The lowest BCUT2D eigenvalue weighted by Crippen LogP contribution is -2.46. The maximum atomic E-state index is 12.5. The van der Waals surface area contributed by atoms with E-state index in [1.54, 1.807) is 6.07 Å². The van der Waals surface area contributed by atoms with Gasteiger partial charge in [-0.2, -0.15) is 0 Å². The third-order valence-corrected chi connectivity index (χ3v) is 4.88. The highest BCUT2D eigenvalue weighted by Crippen LogP contribution is 2.39. The summed E-state index contributed by atoms with van der Waals surface area (Å²) < 4.78 is 0. The van der Waals surface area contributed by atoms with Gasteiger partial charge in [0.1, 0.15) is 0 Å². The number of aromatic hydroxyl groups is 2. The topological polar surface area (TPSA) is 60.8 Å². The SMILES string of the molecule is O=C(c1ccc(O)c(O)c1)N1C2CCC1CC(Br)C2. The van der Waals surface area contributed by atoms with Crippen molar-refractivity contribution in [2.75, 3.05) is 0 Å². The van der Waals surface area contributed by atoms with Gasteiger partial charge in [-0.05, 0) is 43.9 Å². The fourth-order valence-electron chi connectivity index (χ4n) is 3.25. The number of fused-ring (bicyclic) bond motifs is 2. The second-order valence-corrected chi connectivity index (χ2v) is 6.66. The van der Waals surface area contributed by atoms with Crippen molar-refractivity contribution < 1.29 is 15.0 Å². The molecule has 2 fully saturated rings. The van der Waals surface area contributed by atoms with Crippen LogP contribution in [-0.2, 0) is 0 Å². The maximum absolute atomic E-state index is 12.5. The van der Waals surface area contributed by atoms with E-state index in [0.717, 1.165) is 25.7 Å². The first-order valence-electron chi connectivity index (χ1n) is 6.55. The smallest absolute Gasteiger partial charge is 0.254 e. The van der Waals surface area contributed by atoms with Gasteiger partial charge in [-0.15, -0.1) is 0 Å². The van der Waals surface area contributed by atoms with Crippen molar-refractivity contribution in [3.63, 3.8) is 0 Å². The van der Waals surface area contributed by atoms with Gasteiger partial charge in [-0.3, -0.25) is 4.79 Å². The van der Waals surface area contributed by atoms with Crippen molar-refractivity contribution in [2.24, 2.45) is 0 Å². The van der Waals surface area contributed by atoms with Gasteiger partial charge in [-0.1, -0.05) is 15.9 Å². The number of phenolic OH excluding ortho intramolecular Hbond substituents is 2. The van der Waals surface area contributed by atoms with Gasteiger partial charge in [0.2, 0.25) is 0 Å². The van der Waals surface area contributed by atoms with Crippen molar-refractivity contribution >= 4 is 21.8 Å². The van der Waals surface area contributed by atoms with Gasteiger partial charge < -0.3 is 15.1 Å². The third kappa shape index (κ3) is 2.20. The van der Waals surface area contributed by atoms with Crippen LogP contribution >= 0.6 is 15.9 Å². The molecule has 2 aliphatic heterocycles. The van der Waals surface area contributed by atoms with E-state index in [4.69, 9.17) is 0 Å². The lowest BCUT2D eigenvalue weighted by atomic mass is 10.0. The van der Waals surface area contributed by atoms with Crippen LogP contribution in [0.15, 0.2) is 18.2 Å². The molecule has 2 bridgehead atoms. The van der Waals surface area contributed by atoms with Gasteiger partial charge in [0.05, 0.1) is 0 Å². The van der Waals surface area contributed by atoms with Crippen LogP contribution in [0.3, 0.4) is 0 Å². The molecule has 19 heavy (non-hydrogen) atoms.